The summed E-state index contributed by atoms with van der Waals surface area (Å²) in [5.74, 6) is -1.17. The normalized spacial score (nSPS) is 33.7. The molecule has 0 radical (unpaired) electrons. The Balaban J connectivity index is 2.40. The van der Waals surface area contributed by atoms with Gasteiger partial charge in [0.25, 0.3) is 0 Å². The Hall–Kier alpha value is -1.83. The van der Waals surface area contributed by atoms with E-state index in [0.29, 0.717) is 0 Å². The molecule has 1 aromatic rings. The van der Waals surface area contributed by atoms with E-state index in [1.807, 2.05) is 32.2 Å². The van der Waals surface area contributed by atoms with Gasteiger partial charge in [-0.05, 0) is 63.5 Å². The molecule has 2 heterocycles. The molecular weight excluding hydrogens is 460 g/mol. The van der Waals surface area contributed by atoms with Crippen LogP contribution in [0.25, 0.3) is 6.08 Å². The molecular formula is C28H44N2O4S. The number of nitrogens with zero attached hydrogens (tertiary/aromatic N) is 1. The van der Waals surface area contributed by atoms with E-state index < -0.39 is 23.5 Å². The van der Waals surface area contributed by atoms with Gasteiger partial charge in [0.1, 0.15) is 5.78 Å². The van der Waals surface area contributed by atoms with Crippen molar-refractivity contribution in [1.82, 2.24) is 10.3 Å². The number of aromatic nitrogens is 1. The highest BCUT2D eigenvalue weighted by atomic mass is 32.1. The highest BCUT2D eigenvalue weighted by Gasteiger charge is 2.42. The van der Waals surface area contributed by atoms with Gasteiger partial charge in [-0.15, -0.1) is 11.3 Å². The summed E-state index contributed by atoms with van der Waals surface area (Å²) < 4.78 is 0. The van der Waals surface area contributed by atoms with Crippen LogP contribution in [0, 0.1) is 30.1 Å². The molecule has 1 aliphatic heterocycles. The number of hydrogen-bond donors (Lipinski definition) is 3. The quantitative estimate of drug-likeness (QED) is 0.488. The van der Waals surface area contributed by atoms with Gasteiger partial charge in [0.15, 0.2) is 0 Å². The third-order valence-corrected chi connectivity index (χ3v) is 8.27. The maximum absolute atomic E-state index is 13.2. The monoisotopic (exact) mass is 504 g/mol. The Morgan fingerprint density at radius 1 is 1.20 bits per heavy atom. The molecule has 0 saturated heterocycles. The van der Waals surface area contributed by atoms with Crippen molar-refractivity contribution >= 4 is 29.1 Å². The van der Waals surface area contributed by atoms with Gasteiger partial charge in [-0.25, -0.2) is 4.98 Å². The molecule has 1 amide bonds. The predicted molar refractivity (Wildman–Crippen MR) is 143 cm³/mol. The van der Waals surface area contributed by atoms with Gasteiger partial charge in [-0.1, -0.05) is 46.3 Å². The standard InChI is InChI=1S/C28H44N2O4S/c1-16-10-9-11-17(2)26(33)20(5)27(34)28(7,8)23(31)14-24(32)30-25(18(3)12-16)19(4)13-22-15-35-21(6)29-22/h12-13,15,17-18,20,23,25-26,31,33H,9-11,14H2,1-8H3,(H,30,32)/b16-12-,19-13+/t17-,18-,20+,23-,25-,26-/m0/s1. The Morgan fingerprint density at radius 3 is 2.46 bits per heavy atom. The summed E-state index contributed by atoms with van der Waals surface area (Å²) in [6.45, 7) is 15.1. The number of aliphatic hydroxyl groups is 2. The molecule has 0 bridgehead atoms. The minimum Gasteiger partial charge on any atom is -0.392 e. The van der Waals surface area contributed by atoms with Gasteiger partial charge in [-0.3, -0.25) is 9.59 Å². The number of rotatable bonds is 2. The van der Waals surface area contributed by atoms with Crippen molar-refractivity contribution < 1.29 is 19.8 Å². The lowest BCUT2D eigenvalue weighted by Gasteiger charge is -2.35. The van der Waals surface area contributed by atoms with Crippen molar-refractivity contribution in [3.05, 3.63) is 33.3 Å². The number of Topliss-reactive ketones (excluding diaryl/α,β-unsaturated/α-hetero) is 1. The summed E-state index contributed by atoms with van der Waals surface area (Å²) in [6.07, 6.45) is 4.68. The lowest BCUT2D eigenvalue weighted by atomic mass is 9.73. The maximum atomic E-state index is 13.2. The maximum Gasteiger partial charge on any atom is 0.223 e. The van der Waals surface area contributed by atoms with Crippen LogP contribution >= 0.6 is 11.3 Å². The van der Waals surface area contributed by atoms with Crippen LogP contribution < -0.4 is 5.32 Å². The lowest BCUT2D eigenvalue weighted by molar-refractivity contribution is -0.143. The fourth-order valence-corrected chi connectivity index (χ4v) is 5.56. The molecule has 2 rings (SSSR count). The molecule has 0 saturated carbocycles. The van der Waals surface area contributed by atoms with Crippen LogP contribution in [0.5, 0.6) is 0 Å². The molecule has 7 heteroatoms. The number of allylic oxidation sites excluding steroid dienone is 1. The van der Waals surface area contributed by atoms with E-state index in [1.54, 1.807) is 32.1 Å². The van der Waals surface area contributed by atoms with Gasteiger partial charge >= 0.3 is 0 Å². The molecule has 0 aliphatic carbocycles. The van der Waals surface area contributed by atoms with Gasteiger partial charge < -0.3 is 15.5 Å². The zero-order chi connectivity index (χ0) is 26.5. The zero-order valence-corrected chi connectivity index (χ0v) is 23.4. The molecule has 1 aromatic heterocycles. The average Bonchev–Trinajstić information content (AvgIpc) is 3.19. The second-order valence-corrected chi connectivity index (χ2v) is 12.1. The minimum atomic E-state index is -1.16. The largest absolute Gasteiger partial charge is 0.392 e. The Morgan fingerprint density at radius 2 is 1.86 bits per heavy atom. The van der Waals surface area contributed by atoms with E-state index in [-0.39, 0.29) is 36.0 Å². The van der Waals surface area contributed by atoms with Gasteiger partial charge in [0.2, 0.25) is 5.91 Å². The first-order valence-electron chi connectivity index (χ1n) is 12.7. The highest BCUT2D eigenvalue weighted by molar-refractivity contribution is 7.09. The zero-order valence-electron chi connectivity index (χ0n) is 22.6. The van der Waals surface area contributed by atoms with Crippen LogP contribution in [-0.2, 0) is 9.59 Å². The van der Waals surface area contributed by atoms with Crippen molar-refractivity contribution in [3.8, 4) is 0 Å². The topological polar surface area (TPSA) is 99.5 Å². The molecule has 1 aliphatic rings. The number of hydrogen-bond acceptors (Lipinski definition) is 6. The fraction of sp³-hybridized carbons (Fsp3) is 0.679. The number of aliphatic hydroxyl groups excluding tert-OH is 2. The van der Waals surface area contributed by atoms with Gasteiger partial charge in [-0.2, -0.15) is 0 Å². The fourth-order valence-electron chi connectivity index (χ4n) is 4.99. The highest BCUT2D eigenvalue weighted by Crippen LogP contribution is 2.32. The summed E-state index contributed by atoms with van der Waals surface area (Å²) in [4.78, 5) is 30.8. The van der Waals surface area contributed by atoms with Gasteiger partial charge in [0, 0.05) is 11.3 Å². The molecule has 0 unspecified atom stereocenters. The smallest absolute Gasteiger partial charge is 0.223 e. The Kier molecular flexibility index (Phi) is 10.4. The molecule has 0 aromatic carbocycles. The van der Waals surface area contributed by atoms with Crippen molar-refractivity contribution in [2.24, 2.45) is 23.2 Å². The van der Waals surface area contributed by atoms with Gasteiger partial charge in [0.05, 0.1) is 40.8 Å². The molecule has 196 valence electrons. The predicted octanol–water partition coefficient (Wildman–Crippen LogP) is 5.09. The second kappa shape index (κ2) is 12.4. The van der Waals surface area contributed by atoms with Crippen LogP contribution in [0.1, 0.15) is 84.9 Å². The van der Waals surface area contributed by atoms with E-state index >= 15 is 0 Å². The number of aryl methyl sites for hydroxylation is 1. The summed E-state index contributed by atoms with van der Waals surface area (Å²) in [7, 11) is 0. The van der Waals surface area contributed by atoms with Crippen LogP contribution in [0.4, 0.5) is 0 Å². The van der Waals surface area contributed by atoms with E-state index in [2.05, 4.69) is 30.2 Å². The Bertz CT molecular complexity index is 949. The van der Waals surface area contributed by atoms with Crippen LogP contribution in [0.3, 0.4) is 0 Å². The molecule has 35 heavy (non-hydrogen) atoms. The first-order valence-corrected chi connectivity index (χ1v) is 13.6. The third kappa shape index (κ3) is 7.83. The minimum absolute atomic E-state index is 0.0256. The lowest BCUT2D eigenvalue weighted by Crippen LogP contribution is -2.48. The summed E-state index contributed by atoms with van der Waals surface area (Å²) in [6, 6.07) is -0.266. The molecule has 6 nitrogen and oxygen atoms in total. The van der Waals surface area contributed by atoms with E-state index in [4.69, 9.17) is 0 Å². The van der Waals surface area contributed by atoms with Crippen LogP contribution in [-0.4, -0.2) is 45.1 Å². The third-order valence-electron chi connectivity index (χ3n) is 7.48. The molecule has 0 spiro atoms. The first-order chi connectivity index (χ1) is 16.2. The van der Waals surface area contributed by atoms with E-state index in [1.165, 1.54) is 5.57 Å². The van der Waals surface area contributed by atoms with Crippen LogP contribution in [0.15, 0.2) is 22.6 Å². The van der Waals surface area contributed by atoms with Crippen molar-refractivity contribution in [2.45, 2.75) is 99.3 Å². The summed E-state index contributed by atoms with van der Waals surface area (Å²) >= 11 is 1.58. The molecule has 6 atom stereocenters. The number of ketones is 1. The SMILES string of the molecule is C/C1=C/[C@H](C)[C@@H](/C(C)=C/c2csc(C)n2)NC(=O)C[C@H](O)C(C)(C)C(=O)[C@H](C)[C@@H](O)[C@@H](C)CCC1. The van der Waals surface area contributed by atoms with E-state index in [9.17, 15) is 19.8 Å². The van der Waals surface area contributed by atoms with Crippen LogP contribution in [0.2, 0.25) is 0 Å². The molecule has 0 fully saturated rings. The summed E-state index contributed by atoms with van der Waals surface area (Å²) in [5.41, 5.74) is 1.92. The number of thiazole rings is 1. The number of nitrogens with one attached hydrogen (secondary N) is 1. The van der Waals surface area contributed by atoms with Crippen molar-refractivity contribution in [3.63, 3.8) is 0 Å². The summed E-state index contributed by atoms with van der Waals surface area (Å²) in [5, 5.41) is 27.8. The molecule has 3 N–H and O–H groups in total. The first kappa shape index (κ1) is 29.4. The average molecular weight is 505 g/mol. The van der Waals surface area contributed by atoms with Crippen molar-refractivity contribution in [2.75, 3.05) is 0 Å². The Labute approximate surface area is 214 Å². The number of amides is 1. The second-order valence-electron chi connectivity index (χ2n) is 11.1. The number of carbonyl (C=O) groups excluding carboxylic acids is 2. The van der Waals surface area contributed by atoms with E-state index in [0.717, 1.165) is 35.5 Å². The number of carbonyl (C=O) groups is 2. The van der Waals surface area contributed by atoms with Crippen molar-refractivity contribution in [1.29, 1.82) is 0 Å².